The van der Waals surface area contributed by atoms with Gasteiger partial charge in [0.05, 0.1) is 0 Å². The second kappa shape index (κ2) is 9.52. The molecule has 0 aromatic carbocycles. The second-order valence-corrected chi connectivity index (χ2v) is 11.7. The molecule has 3 nitrogen and oxygen atoms in total. The molecule has 170 valence electrons. The monoisotopic (exact) mass is 408 g/mol. The largest absolute Gasteiger partial charge is 0.462 e. The minimum absolute atomic E-state index is 0.0240. The van der Waals surface area contributed by atoms with Crippen molar-refractivity contribution in [3.63, 3.8) is 0 Å². The molecule has 0 amide bonds. The Balaban J connectivity index is 3.12. The lowest BCUT2D eigenvalue weighted by Gasteiger charge is -2.54. The highest BCUT2D eigenvalue weighted by Crippen LogP contribution is 2.57. The van der Waals surface area contributed by atoms with Crippen LogP contribution in [0.5, 0.6) is 0 Å². The van der Waals surface area contributed by atoms with E-state index >= 15 is 0 Å². The van der Waals surface area contributed by atoms with Crippen molar-refractivity contribution in [2.75, 3.05) is 0 Å². The van der Waals surface area contributed by atoms with Crippen molar-refractivity contribution in [2.24, 2.45) is 34.0 Å². The first-order valence-electron chi connectivity index (χ1n) is 11.9. The first kappa shape index (κ1) is 26.2. The van der Waals surface area contributed by atoms with E-state index in [-0.39, 0.29) is 16.2 Å². The summed E-state index contributed by atoms with van der Waals surface area (Å²) in [4.78, 5) is 25.0. The Morgan fingerprint density at radius 1 is 1.03 bits per heavy atom. The topological polar surface area (TPSA) is 43.4 Å². The summed E-state index contributed by atoms with van der Waals surface area (Å²) in [5.41, 5.74) is -1.05. The Morgan fingerprint density at radius 2 is 1.62 bits per heavy atom. The van der Waals surface area contributed by atoms with E-state index in [1.807, 2.05) is 13.8 Å². The first-order chi connectivity index (χ1) is 13.2. The number of hydrogen-bond donors (Lipinski definition) is 0. The smallest absolute Gasteiger partial charge is 0.293 e. The molecule has 1 aliphatic carbocycles. The molecule has 1 saturated carbocycles. The highest BCUT2D eigenvalue weighted by atomic mass is 16.5. The molecule has 0 aromatic heterocycles. The van der Waals surface area contributed by atoms with Gasteiger partial charge in [0.25, 0.3) is 6.47 Å². The summed E-state index contributed by atoms with van der Waals surface area (Å²) in [6.45, 7) is 22.4. The lowest BCUT2D eigenvalue weighted by atomic mass is 9.48. The molecule has 3 unspecified atom stereocenters. The fraction of sp³-hybridized carbons (Fsp3) is 0.923. The van der Waals surface area contributed by atoms with Crippen LogP contribution >= 0.6 is 0 Å². The third-order valence-corrected chi connectivity index (χ3v) is 8.67. The first-order valence-corrected chi connectivity index (χ1v) is 11.9. The molecule has 3 heteroatoms. The number of ether oxygens (including phenoxy) is 1. The summed E-state index contributed by atoms with van der Waals surface area (Å²) in [5, 5.41) is 0. The quantitative estimate of drug-likeness (QED) is 0.302. The molecule has 0 radical (unpaired) electrons. The Bertz CT molecular complexity index is 562. The van der Waals surface area contributed by atoms with E-state index in [1.165, 1.54) is 6.42 Å². The van der Waals surface area contributed by atoms with Crippen molar-refractivity contribution in [3.05, 3.63) is 0 Å². The number of rotatable bonds is 13. The summed E-state index contributed by atoms with van der Waals surface area (Å²) in [6.07, 6.45) is 7.04. The number of Topliss-reactive ketones (excluding diaryl/α,β-unsaturated/α-hetero) is 1. The van der Waals surface area contributed by atoms with E-state index < -0.39 is 5.60 Å². The fourth-order valence-electron chi connectivity index (χ4n) is 5.58. The van der Waals surface area contributed by atoms with Crippen LogP contribution < -0.4 is 0 Å². The maximum Gasteiger partial charge on any atom is 0.293 e. The zero-order valence-electron chi connectivity index (χ0n) is 21.0. The van der Waals surface area contributed by atoms with Crippen LogP contribution in [0.2, 0.25) is 0 Å². The maximum absolute atomic E-state index is 14.3. The molecule has 0 spiro atoms. The van der Waals surface area contributed by atoms with Crippen LogP contribution in [0, 0.1) is 34.0 Å². The second-order valence-electron chi connectivity index (χ2n) is 11.7. The normalized spacial score (nSPS) is 24.4. The van der Waals surface area contributed by atoms with Crippen LogP contribution in [0.1, 0.15) is 114 Å². The predicted octanol–water partition coefficient (Wildman–Crippen LogP) is 7.22. The molecule has 1 rings (SSSR count). The van der Waals surface area contributed by atoms with Gasteiger partial charge in [0, 0.05) is 10.8 Å². The number of carbonyl (C=O) groups excluding carboxylic acids is 2. The van der Waals surface area contributed by atoms with Crippen molar-refractivity contribution in [2.45, 2.75) is 120 Å². The molecule has 4 atom stereocenters. The van der Waals surface area contributed by atoms with E-state index in [4.69, 9.17) is 4.74 Å². The third-order valence-electron chi connectivity index (χ3n) is 8.67. The molecular weight excluding hydrogens is 360 g/mol. The molecule has 0 aromatic rings. The van der Waals surface area contributed by atoms with Gasteiger partial charge in [-0.1, -0.05) is 61.8 Å². The zero-order valence-corrected chi connectivity index (χ0v) is 21.0. The van der Waals surface area contributed by atoms with Gasteiger partial charge in [-0.15, -0.1) is 0 Å². The Morgan fingerprint density at radius 3 is 2.00 bits per heavy atom. The van der Waals surface area contributed by atoms with Gasteiger partial charge in [-0.05, 0) is 75.5 Å². The fourth-order valence-corrected chi connectivity index (χ4v) is 5.58. The molecule has 0 saturated heterocycles. The minimum Gasteiger partial charge on any atom is -0.462 e. The van der Waals surface area contributed by atoms with Gasteiger partial charge in [-0.3, -0.25) is 9.59 Å². The maximum atomic E-state index is 14.3. The standard InChI is InChI=1S/C26H48O3/c1-11-23(5,6)26(10,17-19(3)4)22(28)25(9,12-2)21-14-13-20(21)15-16-24(7,8)29-18-27/h18-21H,11-17H2,1-10H3/t20-,21?,25?,26?/m1/s1. The summed E-state index contributed by atoms with van der Waals surface area (Å²) in [6, 6.07) is 0. The molecule has 0 aliphatic heterocycles. The van der Waals surface area contributed by atoms with Crippen molar-refractivity contribution in [1.82, 2.24) is 0 Å². The van der Waals surface area contributed by atoms with Gasteiger partial charge in [0.1, 0.15) is 11.4 Å². The minimum atomic E-state index is -0.426. The summed E-state index contributed by atoms with van der Waals surface area (Å²) in [7, 11) is 0. The molecule has 29 heavy (non-hydrogen) atoms. The van der Waals surface area contributed by atoms with Crippen molar-refractivity contribution < 1.29 is 14.3 Å². The van der Waals surface area contributed by atoms with Crippen LogP contribution in [0.3, 0.4) is 0 Å². The van der Waals surface area contributed by atoms with E-state index in [0.29, 0.717) is 30.0 Å². The Kier molecular flexibility index (Phi) is 8.59. The molecule has 0 heterocycles. The molecule has 1 aliphatic rings. The zero-order chi connectivity index (χ0) is 22.7. The Labute approximate surface area is 180 Å². The van der Waals surface area contributed by atoms with Crippen molar-refractivity contribution in [1.29, 1.82) is 0 Å². The lowest BCUT2D eigenvalue weighted by molar-refractivity contribution is -0.155. The molecular formula is C26H48O3. The van der Waals surface area contributed by atoms with Gasteiger partial charge in [0.2, 0.25) is 0 Å². The van der Waals surface area contributed by atoms with E-state index in [0.717, 1.165) is 38.5 Å². The summed E-state index contributed by atoms with van der Waals surface area (Å²) < 4.78 is 5.25. The SMILES string of the molecule is CCC(C)(C(=O)C(C)(CC(C)C)C(C)(C)CC)C1CC[C@@H]1CCC(C)(C)OC=O. The van der Waals surface area contributed by atoms with E-state index in [9.17, 15) is 9.59 Å². The average Bonchev–Trinajstić information content (AvgIpc) is 2.58. The van der Waals surface area contributed by atoms with E-state index in [2.05, 4.69) is 55.4 Å². The lowest BCUT2D eigenvalue weighted by Crippen LogP contribution is -2.54. The van der Waals surface area contributed by atoms with Crippen LogP contribution in [-0.4, -0.2) is 17.9 Å². The highest BCUT2D eigenvalue weighted by molar-refractivity contribution is 5.91. The Hall–Kier alpha value is -0.860. The van der Waals surface area contributed by atoms with Gasteiger partial charge in [-0.2, -0.15) is 0 Å². The predicted molar refractivity (Wildman–Crippen MR) is 122 cm³/mol. The van der Waals surface area contributed by atoms with Crippen molar-refractivity contribution in [3.8, 4) is 0 Å². The van der Waals surface area contributed by atoms with Crippen LogP contribution in [0.15, 0.2) is 0 Å². The van der Waals surface area contributed by atoms with Gasteiger partial charge in [0.15, 0.2) is 0 Å². The number of hydrogen-bond acceptors (Lipinski definition) is 3. The van der Waals surface area contributed by atoms with Crippen LogP contribution in [0.4, 0.5) is 0 Å². The number of ketones is 1. The third kappa shape index (κ3) is 5.44. The highest BCUT2D eigenvalue weighted by Gasteiger charge is 2.56. The van der Waals surface area contributed by atoms with Gasteiger partial charge in [-0.25, -0.2) is 0 Å². The average molecular weight is 409 g/mol. The molecule has 0 N–H and O–H groups in total. The van der Waals surface area contributed by atoms with E-state index in [1.54, 1.807) is 0 Å². The number of carbonyl (C=O) groups is 2. The molecule has 1 fully saturated rings. The van der Waals surface area contributed by atoms with Gasteiger partial charge >= 0.3 is 0 Å². The van der Waals surface area contributed by atoms with Crippen LogP contribution in [-0.2, 0) is 14.3 Å². The molecule has 0 bridgehead atoms. The summed E-state index contributed by atoms with van der Waals surface area (Å²) in [5.74, 6) is 1.96. The van der Waals surface area contributed by atoms with Gasteiger partial charge < -0.3 is 4.74 Å². The van der Waals surface area contributed by atoms with Crippen molar-refractivity contribution >= 4 is 12.3 Å². The van der Waals surface area contributed by atoms with Crippen LogP contribution in [0.25, 0.3) is 0 Å². The summed E-state index contributed by atoms with van der Waals surface area (Å²) >= 11 is 0.